The van der Waals surface area contributed by atoms with Crippen molar-refractivity contribution >= 4 is 17.6 Å². The minimum atomic E-state index is -0.792. The SMILES string of the molecule is O=C(O)C1(Cn2nnnc2-c2cccc(Cl)c2)CC1. The number of hydrogen-bond donors (Lipinski definition) is 1. The van der Waals surface area contributed by atoms with Gasteiger partial charge in [-0.2, -0.15) is 0 Å². The third-order valence-electron chi connectivity index (χ3n) is 3.37. The Morgan fingerprint density at radius 3 is 2.89 bits per heavy atom. The van der Waals surface area contributed by atoms with Gasteiger partial charge in [-0.15, -0.1) is 5.10 Å². The van der Waals surface area contributed by atoms with Gasteiger partial charge in [0.25, 0.3) is 0 Å². The van der Waals surface area contributed by atoms with Gasteiger partial charge in [-0.25, -0.2) is 4.68 Å². The fraction of sp³-hybridized carbons (Fsp3) is 0.333. The number of nitrogens with zero attached hydrogens (tertiary/aromatic N) is 4. The summed E-state index contributed by atoms with van der Waals surface area (Å²) in [5.74, 6) is -0.255. The highest BCUT2D eigenvalue weighted by Gasteiger charge is 2.51. The van der Waals surface area contributed by atoms with Gasteiger partial charge in [-0.3, -0.25) is 4.79 Å². The summed E-state index contributed by atoms with van der Waals surface area (Å²) in [6.07, 6.45) is 1.33. The number of halogens is 1. The monoisotopic (exact) mass is 278 g/mol. The van der Waals surface area contributed by atoms with E-state index in [-0.39, 0.29) is 6.54 Å². The summed E-state index contributed by atoms with van der Waals surface area (Å²) in [4.78, 5) is 11.2. The van der Waals surface area contributed by atoms with Gasteiger partial charge in [0.2, 0.25) is 0 Å². The van der Waals surface area contributed by atoms with Crippen LogP contribution in [0.15, 0.2) is 24.3 Å². The highest BCUT2D eigenvalue weighted by Crippen LogP contribution is 2.47. The summed E-state index contributed by atoms with van der Waals surface area (Å²) in [6.45, 7) is 0.289. The number of rotatable bonds is 4. The van der Waals surface area contributed by atoms with Crippen LogP contribution in [0.4, 0.5) is 0 Å². The lowest BCUT2D eigenvalue weighted by Gasteiger charge is -2.10. The lowest BCUT2D eigenvalue weighted by Crippen LogP contribution is -2.22. The Labute approximate surface area is 114 Å². The Kier molecular flexibility index (Phi) is 2.74. The number of carbonyl (C=O) groups is 1. The molecule has 0 aliphatic heterocycles. The summed E-state index contributed by atoms with van der Waals surface area (Å²) in [7, 11) is 0. The van der Waals surface area contributed by atoms with Crippen LogP contribution in [0.1, 0.15) is 12.8 Å². The van der Waals surface area contributed by atoms with Crippen molar-refractivity contribution in [1.29, 1.82) is 0 Å². The van der Waals surface area contributed by atoms with Crippen LogP contribution in [0.5, 0.6) is 0 Å². The van der Waals surface area contributed by atoms with Crippen molar-refractivity contribution < 1.29 is 9.90 Å². The van der Waals surface area contributed by atoms with Gasteiger partial charge in [0.15, 0.2) is 5.82 Å². The Hall–Kier alpha value is -1.95. The molecule has 1 aliphatic rings. The first-order valence-electron chi connectivity index (χ1n) is 5.86. The summed E-state index contributed by atoms with van der Waals surface area (Å²) in [5.41, 5.74) is 0.0709. The van der Waals surface area contributed by atoms with Crippen molar-refractivity contribution in [1.82, 2.24) is 20.2 Å². The van der Waals surface area contributed by atoms with Gasteiger partial charge < -0.3 is 5.11 Å². The molecule has 3 rings (SSSR count). The Bertz CT molecular complexity index is 636. The third kappa shape index (κ3) is 2.19. The molecule has 1 heterocycles. The molecule has 2 aromatic rings. The molecule has 0 bridgehead atoms. The van der Waals surface area contributed by atoms with E-state index in [1.165, 1.54) is 4.68 Å². The van der Waals surface area contributed by atoms with Gasteiger partial charge in [0.1, 0.15) is 0 Å². The second kappa shape index (κ2) is 4.31. The zero-order valence-corrected chi connectivity index (χ0v) is 10.7. The lowest BCUT2D eigenvalue weighted by molar-refractivity contribution is -0.144. The average Bonchev–Trinajstić information content (AvgIpc) is 3.01. The molecule has 1 aromatic heterocycles. The zero-order valence-electron chi connectivity index (χ0n) is 9.95. The summed E-state index contributed by atoms with van der Waals surface area (Å²) in [5, 5.41) is 21.2. The number of carboxylic acids is 1. The fourth-order valence-electron chi connectivity index (χ4n) is 2.02. The van der Waals surface area contributed by atoms with Gasteiger partial charge in [-0.05, 0) is 35.4 Å². The molecule has 0 amide bonds. The quantitative estimate of drug-likeness (QED) is 0.923. The van der Waals surface area contributed by atoms with Crippen molar-refractivity contribution in [2.75, 3.05) is 0 Å². The molecule has 1 aliphatic carbocycles. The number of tetrazole rings is 1. The van der Waals surface area contributed by atoms with E-state index in [9.17, 15) is 9.90 Å². The van der Waals surface area contributed by atoms with Crippen LogP contribution in [0.2, 0.25) is 5.02 Å². The van der Waals surface area contributed by atoms with E-state index in [0.717, 1.165) is 5.56 Å². The summed E-state index contributed by atoms with van der Waals surface area (Å²) < 4.78 is 1.53. The van der Waals surface area contributed by atoms with Crippen molar-refractivity contribution in [3.05, 3.63) is 29.3 Å². The molecule has 0 spiro atoms. The maximum absolute atomic E-state index is 11.2. The van der Waals surface area contributed by atoms with E-state index < -0.39 is 11.4 Å². The van der Waals surface area contributed by atoms with Crippen LogP contribution in [0, 0.1) is 5.41 Å². The molecular weight excluding hydrogens is 268 g/mol. The van der Waals surface area contributed by atoms with Crippen LogP contribution < -0.4 is 0 Å². The average molecular weight is 279 g/mol. The molecule has 98 valence electrons. The van der Waals surface area contributed by atoms with Gasteiger partial charge >= 0.3 is 5.97 Å². The molecule has 1 aromatic carbocycles. The molecule has 0 radical (unpaired) electrons. The van der Waals surface area contributed by atoms with Crippen molar-refractivity contribution in [2.24, 2.45) is 5.41 Å². The molecule has 1 saturated carbocycles. The number of aliphatic carboxylic acids is 1. The van der Waals surface area contributed by atoms with Crippen molar-refractivity contribution in [2.45, 2.75) is 19.4 Å². The van der Waals surface area contributed by atoms with E-state index in [1.54, 1.807) is 18.2 Å². The maximum Gasteiger partial charge on any atom is 0.311 e. The Morgan fingerprint density at radius 2 is 2.26 bits per heavy atom. The lowest BCUT2D eigenvalue weighted by atomic mass is 10.1. The van der Waals surface area contributed by atoms with Crippen LogP contribution in [0.3, 0.4) is 0 Å². The molecule has 0 saturated heterocycles. The predicted molar refractivity (Wildman–Crippen MR) is 67.6 cm³/mol. The van der Waals surface area contributed by atoms with Crippen molar-refractivity contribution in [3.8, 4) is 11.4 Å². The van der Waals surface area contributed by atoms with E-state index in [0.29, 0.717) is 23.7 Å². The van der Waals surface area contributed by atoms with E-state index >= 15 is 0 Å². The van der Waals surface area contributed by atoms with Crippen molar-refractivity contribution in [3.63, 3.8) is 0 Å². The van der Waals surface area contributed by atoms with Crippen LogP contribution in [-0.4, -0.2) is 31.3 Å². The molecule has 0 atom stereocenters. The first-order chi connectivity index (χ1) is 9.11. The highest BCUT2D eigenvalue weighted by molar-refractivity contribution is 6.30. The van der Waals surface area contributed by atoms with Gasteiger partial charge in [0.05, 0.1) is 12.0 Å². The molecule has 0 unspecified atom stereocenters. The fourth-order valence-corrected chi connectivity index (χ4v) is 2.21. The smallest absolute Gasteiger partial charge is 0.311 e. The van der Waals surface area contributed by atoms with Crippen LogP contribution in [0.25, 0.3) is 11.4 Å². The first kappa shape index (κ1) is 12.1. The molecule has 1 N–H and O–H groups in total. The highest BCUT2D eigenvalue weighted by atomic mass is 35.5. The number of aromatic nitrogens is 4. The molecule has 1 fully saturated rings. The van der Waals surface area contributed by atoms with E-state index in [4.69, 9.17) is 11.6 Å². The molecule has 6 nitrogen and oxygen atoms in total. The van der Waals surface area contributed by atoms with E-state index in [2.05, 4.69) is 15.5 Å². The standard InChI is InChI=1S/C12H11ClN4O2/c13-9-3-1-2-8(6-9)10-14-15-16-17(10)7-12(4-5-12)11(18)19/h1-3,6H,4-5,7H2,(H,18,19). The minimum absolute atomic E-state index is 0.289. The van der Waals surface area contributed by atoms with Crippen LogP contribution >= 0.6 is 11.6 Å². The minimum Gasteiger partial charge on any atom is -0.481 e. The molecule has 19 heavy (non-hydrogen) atoms. The second-order valence-electron chi connectivity index (χ2n) is 4.76. The third-order valence-corrected chi connectivity index (χ3v) is 3.61. The Balaban J connectivity index is 1.93. The Morgan fingerprint density at radius 1 is 1.47 bits per heavy atom. The number of carboxylic acid groups (broad SMARTS) is 1. The normalized spacial score (nSPS) is 16.3. The zero-order chi connectivity index (χ0) is 13.5. The van der Waals surface area contributed by atoms with Crippen LogP contribution in [-0.2, 0) is 11.3 Å². The topological polar surface area (TPSA) is 80.9 Å². The largest absolute Gasteiger partial charge is 0.481 e. The molecule has 7 heteroatoms. The number of benzene rings is 1. The summed E-state index contributed by atoms with van der Waals surface area (Å²) >= 11 is 5.94. The summed E-state index contributed by atoms with van der Waals surface area (Å²) in [6, 6.07) is 7.16. The van der Waals surface area contributed by atoms with E-state index in [1.807, 2.05) is 6.07 Å². The second-order valence-corrected chi connectivity index (χ2v) is 5.19. The first-order valence-corrected chi connectivity index (χ1v) is 6.24. The predicted octanol–water partition coefficient (Wildman–Crippen LogP) is 1.86. The maximum atomic E-state index is 11.2. The van der Waals surface area contributed by atoms with Gasteiger partial charge in [0, 0.05) is 10.6 Å². The molecular formula is C12H11ClN4O2. The van der Waals surface area contributed by atoms with Gasteiger partial charge in [-0.1, -0.05) is 23.7 Å². The number of hydrogen-bond acceptors (Lipinski definition) is 4.